The summed E-state index contributed by atoms with van der Waals surface area (Å²) in [5, 5.41) is 12.2. The van der Waals surface area contributed by atoms with Crippen LogP contribution in [-0.4, -0.2) is 46.0 Å². The monoisotopic (exact) mass is 382 g/mol. The number of hydrogen-bond donors (Lipinski definition) is 0. The molecule has 0 bridgehead atoms. The van der Waals surface area contributed by atoms with Crippen LogP contribution in [0.15, 0.2) is 33.2 Å². The molecule has 0 radical (unpaired) electrons. The van der Waals surface area contributed by atoms with E-state index in [4.69, 9.17) is 18.4 Å². The highest BCUT2D eigenvalue weighted by Gasteiger charge is 2.30. The van der Waals surface area contributed by atoms with Crippen LogP contribution in [0.2, 0.25) is 0 Å². The summed E-state index contributed by atoms with van der Waals surface area (Å²) in [7, 11) is 0. The standard InChI is InChI=1S/C19H18N4O5/c1-11-7-14(22-28-11)19(24)23-6-2-3-13(9-23)18-21-20-17(27-18)12-4-5-15-16(8-12)26-10-25-15/h4-5,7-8,13H,2-3,6,9-10H2,1H3/t13-/m0/s1. The molecule has 0 unspecified atom stereocenters. The minimum Gasteiger partial charge on any atom is -0.454 e. The second-order valence-corrected chi connectivity index (χ2v) is 6.93. The van der Waals surface area contributed by atoms with Gasteiger partial charge in [0.2, 0.25) is 18.6 Å². The predicted octanol–water partition coefficient (Wildman–Crippen LogP) is 2.78. The molecule has 1 saturated heterocycles. The van der Waals surface area contributed by atoms with E-state index in [1.54, 1.807) is 17.9 Å². The van der Waals surface area contributed by atoms with E-state index in [1.807, 2.05) is 18.2 Å². The van der Waals surface area contributed by atoms with Gasteiger partial charge in [0.1, 0.15) is 5.76 Å². The number of ether oxygens (including phenoxy) is 2. The largest absolute Gasteiger partial charge is 0.454 e. The Bertz CT molecular complexity index is 1030. The fraction of sp³-hybridized carbons (Fsp3) is 0.368. The summed E-state index contributed by atoms with van der Waals surface area (Å²) in [4.78, 5) is 14.4. The summed E-state index contributed by atoms with van der Waals surface area (Å²) in [6.45, 7) is 3.15. The summed E-state index contributed by atoms with van der Waals surface area (Å²) in [6.07, 6.45) is 1.74. The number of aryl methyl sites for hydroxylation is 1. The molecule has 28 heavy (non-hydrogen) atoms. The highest BCUT2D eigenvalue weighted by atomic mass is 16.7. The summed E-state index contributed by atoms with van der Waals surface area (Å²) in [5.74, 6) is 2.77. The van der Waals surface area contributed by atoms with Crippen molar-refractivity contribution in [2.75, 3.05) is 19.9 Å². The lowest BCUT2D eigenvalue weighted by Gasteiger charge is -2.30. The number of benzene rings is 1. The molecular formula is C19H18N4O5. The van der Waals surface area contributed by atoms with Crippen molar-refractivity contribution >= 4 is 5.91 Å². The van der Waals surface area contributed by atoms with Crippen molar-refractivity contribution in [3.8, 4) is 23.0 Å². The van der Waals surface area contributed by atoms with E-state index < -0.39 is 0 Å². The molecule has 1 aromatic carbocycles. The quantitative estimate of drug-likeness (QED) is 0.681. The molecule has 2 aliphatic rings. The fourth-order valence-corrected chi connectivity index (χ4v) is 3.54. The van der Waals surface area contributed by atoms with Gasteiger partial charge in [0.25, 0.3) is 5.91 Å². The van der Waals surface area contributed by atoms with E-state index >= 15 is 0 Å². The number of aromatic nitrogens is 3. The smallest absolute Gasteiger partial charge is 0.276 e. The van der Waals surface area contributed by atoms with E-state index in [0.717, 1.165) is 18.4 Å². The molecular weight excluding hydrogens is 364 g/mol. The Hall–Kier alpha value is -3.36. The van der Waals surface area contributed by atoms with E-state index in [0.29, 0.717) is 47.8 Å². The molecule has 0 spiro atoms. The van der Waals surface area contributed by atoms with E-state index in [9.17, 15) is 4.79 Å². The molecule has 1 fully saturated rings. The van der Waals surface area contributed by atoms with Crippen molar-refractivity contribution in [1.82, 2.24) is 20.3 Å². The molecule has 3 aromatic rings. The topological polar surface area (TPSA) is 104 Å². The van der Waals surface area contributed by atoms with Crippen LogP contribution in [0.3, 0.4) is 0 Å². The molecule has 2 aromatic heterocycles. The predicted molar refractivity (Wildman–Crippen MR) is 95.0 cm³/mol. The normalized spacial score (nSPS) is 18.5. The number of rotatable bonds is 3. The van der Waals surface area contributed by atoms with E-state index in [2.05, 4.69) is 15.4 Å². The van der Waals surface area contributed by atoms with Gasteiger partial charge in [0, 0.05) is 24.7 Å². The van der Waals surface area contributed by atoms with Crippen LogP contribution in [0, 0.1) is 6.92 Å². The summed E-state index contributed by atoms with van der Waals surface area (Å²) >= 11 is 0. The third kappa shape index (κ3) is 2.98. The third-order valence-electron chi connectivity index (χ3n) is 4.97. The van der Waals surface area contributed by atoms with E-state index in [-0.39, 0.29) is 18.6 Å². The highest BCUT2D eigenvalue weighted by Crippen LogP contribution is 2.36. The first kappa shape index (κ1) is 16.8. The SMILES string of the molecule is Cc1cc(C(=O)N2CCC[C@H](c3nnc(-c4ccc5c(c4)OCO5)o3)C2)no1. The Morgan fingerprint density at radius 1 is 1.18 bits per heavy atom. The summed E-state index contributed by atoms with van der Waals surface area (Å²) in [5.41, 5.74) is 1.09. The number of hydrogen-bond acceptors (Lipinski definition) is 8. The lowest BCUT2D eigenvalue weighted by molar-refractivity contribution is 0.0688. The second-order valence-electron chi connectivity index (χ2n) is 6.93. The Kier molecular flexibility index (Phi) is 4.00. The zero-order valence-corrected chi connectivity index (χ0v) is 15.3. The van der Waals surface area contributed by atoms with Crippen LogP contribution < -0.4 is 9.47 Å². The van der Waals surface area contributed by atoms with Gasteiger partial charge in [-0.25, -0.2) is 0 Å². The van der Waals surface area contributed by atoms with Crippen molar-refractivity contribution in [3.05, 3.63) is 41.6 Å². The number of piperidine rings is 1. The van der Waals surface area contributed by atoms with Gasteiger partial charge in [0.15, 0.2) is 17.2 Å². The number of fused-ring (bicyclic) bond motifs is 1. The fourth-order valence-electron chi connectivity index (χ4n) is 3.54. The molecule has 9 nitrogen and oxygen atoms in total. The van der Waals surface area contributed by atoms with Crippen molar-refractivity contribution < 1.29 is 23.2 Å². The summed E-state index contributed by atoms with van der Waals surface area (Å²) < 4.78 is 21.7. The van der Waals surface area contributed by atoms with E-state index in [1.165, 1.54) is 0 Å². The van der Waals surface area contributed by atoms with Gasteiger partial charge in [-0.05, 0) is 38.0 Å². The number of carbonyl (C=O) groups is 1. The first-order chi connectivity index (χ1) is 13.7. The molecule has 144 valence electrons. The minimum absolute atomic E-state index is 0.0130. The number of amides is 1. The first-order valence-electron chi connectivity index (χ1n) is 9.13. The van der Waals surface area contributed by atoms with Crippen LogP contribution in [0.4, 0.5) is 0 Å². The Balaban J connectivity index is 1.33. The van der Waals surface area contributed by atoms with Gasteiger partial charge >= 0.3 is 0 Å². The summed E-state index contributed by atoms with van der Waals surface area (Å²) in [6, 6.07) is 7.15. The maximum absolute atomic E-state index is 12.6. The van der Waals surface area contributed by atoms with Crippen molar-refractivity contribution in [2.45, 2.75) is 25.7 Å². The lowest BCUT2D eigenvalue weighted by Crippen LogP contribution is -2.39. The molecule has 1 atom stereocenters. The zero-order valence-electron chi connectivity index (χ0n) is 15.3. The molecule has 4 heterocycles. The van der Waals surface area contributed by atoms with Gasteiger partial charge in [-0.2, -0.15) is 0 Å². The molecule has 0 saturated carbocycles. The van der Waals surface area contributed by atoms with Crippen LogP contribution >= 0.6 is 0 Å². The third-order valence-corrected chi connectivity index (χ3v) is 4.97. The van der Waals surface area contributed by atoms with Crippen LogP contribution in [0.1, 0.15) is 40.9 Å². The molecule has 5 rings (SSSR count). The Labute approximate surface area is 160 Å². The van der Waals surface area contributed by atoms with Gasteiger partial charge < -0.3 is 23.3 Å². The van der Waals surface area contributed by atoms with Gasteiger partial charge in [0.05, 0.1) is 5.92 Å². The molecule has 2 aliphatic heterocycles. The molecule has 9 heteroatoms. The van der Waals surface area contributed by atoms with Gasteiger partial charge in [-0.15, -0.1) is 10.2 Å². The maximum atomic E-state index is 12.6. The highest BCUT2D eigenvalue weighted by molar-refractivity contribution is 5.92. The van der Waals surface area contributed by atoms with Crippen molar-refractivity contribution in [3.63, 3.8) is 0 Å². The number of likely N-dealkylation sites (tertiary alicyclic amines) is 1. The number of nitrogens with zero attached hydrogens (tertiary/aromatic N) is 4. The average Bonchev–Trinajstić information content (AvgIpc) is 3.47. The molecule has 0 N–H and O–H groups in total. The van der Waals surface area contributed by atoms with Gasteiger partial charge in [-0.1, -0.05) is 5.16 Å². The molecule has 0 aliphatic carbocycles. The van der Waals surface area contributed by atoms with Gasteiger partial charge in [-0.3, -0.25) is 4.79 Å². The van der Waals surface area contributed by atoms with Crippen LogP contribution in [0.25, 0.3) is 11.5 Å². The maximum Gasteiger partial charge on any atom is 0.276 e. The number of carbonyl (C=O) groups excluding carboxylic acids is 1. The lowest BCUT2D eigenvalue weighted by atomic mass is 9.98. The average molecular weight is 382 g/mol. The van der Waals surface area contributed by atoms with Crippen molar-refractivity contribution in [2.24, 2.45) is 0 Å². The Morgan fingerprint density at radius 3 is 2.93 bits per heavy atom. The van der Waals surface area contributed by atoms with Crippen molar-refractivity contribution in [1.29, 1.82) is 0 Å². The second kappa shape index (κ2) is 6.66. The van der Waals surface area contributed by atoms with Crippen LogP contribution in [-0.2, 0) is 0 Å². The first-order valence-corrected chi connectivity index (χ1v) is 9.13. The zero-order chi connectivity index (χ0) is 19.1. The molecule has 1 amide bonds. The minimum atomic E-state index is -0.142. The van der Waals surface area contributed by atoms with Crippen LogP contribution in [0.5, 0.6) is 11.5 Å². The Morgan fingerprint density at radius 2 is 2.07 bits per heavy atom.